The van der Waals surface area contributed by atoms with Crippen LogP contribution in [0.4, 0.5) is 5.82 Å². The Bertz CT molecular complexity index is 746. The van der Waals surface area contributed by atoms with Crippen LogP contribution in [0, 0.1) is 0 Å². The molecule has 0 bridgehead atoms. The largest absolute Gasteiger partial charge is 0.481 e. The third kappa shape index (κ3) is 3.36. The molecule has 0 saturated heterocycles. The number of pyridine rings is 1. The molecule has 0 spiro atoms. The van der Waals surface area contributed by atoms with Crippen LogP contribution < -0.4 is 4.74 Å². The number of rotatable bonds is 3. The summed E-state index contributed by atoms with van der Waals surface area (Å²) < 4.78 is 5.04. The molecule has 1 N–H and O–H groups in total. The number of fused-ring (bicyclic) bond motifs is 1. The molecule has 0 aliphatic carbocycles. The van der Waals surface area contributed by atoms with Crippen LogP contribution in [0.25, 0.3) is 16.5 Å². The maximum Gasteiger partial charge on any atom is 0.212 e. The molecule has 2 aromatic heterocycles. The van der Waals surface area contributed by atoms with Crippen molar-refractivity contribution in [1.29, 1.82) is 0 Å². The molecule has 103 valence electrons. The summed E-state index contributed by atoms with van der Waals surface area (Å²) in [7, 11) is 1.59. The monoisotopic (exact) mass is 354 g/mol. The van der Waals surface area contributed by atoms with Gasteiger partial charge in [-0.2, -0.15) is 0 Å². The molecule has 21 heavy (non-hydrogen) atoms. The minimum atomic E-state index is 0. The van der Waals surface area contributed by atoms with Gasteiger partial charge in [-0.1, -0.05) is 30.3 Å². The van der Waals surface area contributed by atoms with Gasteiger partial charge in [0.1, 0.15) is 0 Å². The van der Waals surface area contributed by atoms with Crippen molar-refractivity contribution in [3.63, 3.8) is 0 Å². The number of benzene rings is 1. The van der Waals surface area contributed by atoms with Gasteiger partial charge in [0.25, 0.3) is 0 Å². The predicted octanol–water partition coefficient (Wildman–Crippen LogP) is 3.31. The van der Waals surface area contributed by atoms with E-state index in [1.807, 2.05) is 36.4 Å². The van der Waals surface area contributed by atoms with E-state index in [0.29, 0.717) is 12.3 Å². The maximum absolute atomic E-state index is 7.79. The summed E-state index contributed by atoms with van der Waals surface area (Å²) in [6.45, 7) is 0. The van der Waals surface area contributed by atoms with Crippen LogP contribution in [-0.2, 0) is 39.1 Å². The van der Waals surface area contributed by atoms with Crippen molar-refractivity contribution in [2.24, 2.45) is 0 Å². The zero-order valence-corrected chi connectivity index (χ0v) is 14.4. The minimum Gasteiger partial charge on any atom is -0.481 e. The van der Waals surface area contributed by atoms with Gasteiger partial charge in [-0.15, -0.1) is 0 Å². The van der Waals surface area contributed by atoms with E-state index in [0.717, 1.165) is 22.0 Å². The van der Waals surface area contributed by atoms with E-state index in [1.54, 1.807) is 13.3 Å². The van der Waals surface area contributed by atoms with E-state index in [4.69, 9.17) is 10.5 Å². The van der Waals surface area contributed by atoms with E-state index < -0.39 is 0 Å². The standard InChI is InChI=1S/C15H13N4O.Y/c1-20-14-7-6-10(9-17-14)8-13-11-4-2-3-5-12(11)15(16)19-18-13;/h2-7,9H,8H2,1H3,(H-,16,19);/q-1;. The number of methoxy groups -OCH3 is 1. The van der Waals surface area contributed by atoms with Crippen LogP contribution in [0.5, 0.6) is 5.88 Å². The topological polar surface area (TPSA) is 71.7 Å². The van der Waals surface area contributed by atoms with E-state index in [-0.39, 0.29) is 38.5 Å². The van der Waals surface area contributed by atoms with Crippen molar-refractivity contribution in [2.75, 3.05) is 7.11 Å². The molecule has 1 radical (unpaired) electrons. The van der Waals surface area contributed by atoms with Crippen molar-refractivity contribution in [3.05, 3.63) is 59.6 Å². The van der Waals surface area contributed by atoms with Gasteiger partial charge in [0.15, 0.2) is 0 Å². The summed E-state index contributed by atoms with van der Waals surface area (Å²) in [6, 6.07) is 11.5. The van der Waals surface area contributed by atoms with Gasteiger partial charge in [-0.05, 0) is 16.8 Å². The molecule has 2 heterocycles. The van der Waals surface area contributed by atoms with Crippen LogP contribution in [0.2, 0.25) is 0 Å². The molecule has 6 heteroatoms. The molecule has 0 amide bonds. The molecular weight excluding hydrogens is 341 g/mol. The predicted molar refractivity (Wildman–Crippen MR) is 77.1 cm³/mol. The summed E-state index contributed by atoms with van der Waals surface area (Å²) in [5.41, 5.74) is 9.67. The molecule has 3 aromatic rings. The molecule has 0 atom stereocenters. The summed E-state index contributed by atoms with van der Waals surface area (Å²) in [5.74, 6) is 0.795. The molecule has 0 aliphatic heterocycles. The van der Waals surface area contributed by atoms with Crippen molar-refractivity contribution < 1.29 is 37.4 Å². The fourth-order valence-corrected chi connectivity index (χ4v) is 2.12. The van der Waals surface area contributed by atoms with Gasteiger partial charge >= 0.3 is 0 Å². The minimum absolute atomic E-state index is 0. The first-order valence-electron chi connectivity index (χ1n) is 6.23. The normalized spacial score (nSPS) is 10.1. The van der Waals surface area contributed by atoms with E-state index in [2.05, 4.69) is 15.2 Å². The Balaban J connectivity index is 0.00000161. The van der Waals surface area contributed by atoms with Gasteiger partial charge in [0.05, 0.1) is 12.8 Å². The van der Waals surface area contributed by atoms with Crippen LogP contribution in [0.15, 0.2) is 42.6 Å². The fraction of sp³-hybridized carbons (Fsp3) is 0.133. The van der Waals surface area contributed by atoms with Gasteiger partial charge in [0, 0.05) is 56.8 Å². The fourth-order valence-electron chi connectivity index (χ4n) is 2.12. The van der Waals surface area contributed by atoms with E-state index in [1.165, 1.54) is 0 Å². The number of nitrogens with zero attached hydrogens (tertiary/aromatic N) is 3. The summed E-state index contributed by atoms with van der Waals surface area (Å²) in [6.07, 6.45) is 2.40. The van der Waals surface area contributed by atoms with Crippen molar-refractivity contribution in [2.45, 2.75) is 6.42 Å². The maximum atomic E-state index is 7.79. The number of ether oxygens (including phenoxy) is 1. The summed E-state index contributed by atoms with van der Waals surface area (Å²) in [4.78, 5) is 4.18. The molecule has 3 rings (SSSR count). The van der Waals surface area contributed by atoms with Gasteiger partial charge in [-0.25, -0.2) is 4.98 Å². The third-order valence-corrected chi connectivity index (χ3v) is 3.14. The first kappa shape index (κ1) is 15.8. The first-order valence-corrected chi connectivity index (χ1v) is 6.23. The number of hydrogen-bond acceptors (Lipinski definition) is 4. The number of hydrogen-bond donors (Lipinski definition) is 0. The van der Waals surface area contributed by atoms with Crippen molar-refractivity contribution >= 4 is 16.6 Å². The van der Waals surface area contributed by atoms with Crippen LogP contribution in [-0.4, -0.2) is 22.3 Å². The Morgan fingerprint density at radius 3 is 2.48 bits per heavy atom. The molecule has 0 unspecified atom stereocenters. The zero-order valence-electron chi connectivity index (χ0n) is 11.6. The van der Waals surface area contributed by atoms with Gasteiger partial charge in [-0.3, -0.25) is 5.10 Å². The van der Waals surface area contributed by atoms with Crippen molar-refractivity contribution in [1.82, 2.24) is 15.2 Å². The number of aromatic nitrogens is 3. The third-order valence-electron chi connectivity index (χ3n) is 3.14. The summed E-state index contributed by atoms with van der Waals surface area (Å²) >= 11 is 0. The van der Waals surface area contributed by atoms with E-state index >= 15 is 0 Å². The van der Waals surface area contributed by atoms with Gasteiger partial charge < -0.3 is 15.6 Å². The van der Waals surface area contributed by atoms with Crippen LogP contribution >= 0.6 is 0 Å². The molecular formula is C15H13N4OY-. The second-order valence-corrected chi connectivity index (χ2v) is 4.43. The smallest absolute Gasteiger partial charge is 0.212 e. The van der Waals surface area contributed by atoms with E-state index in [9.17, 15) is 0 Å². The molecule has 0 aliphatic rings. The summed E-state index contributed by atoms with van der Waals surface area (Å²) in [5, 5.41) is 9.84. The Morgan fingerprint density at radius 1 is 1.05 bits per heavy atom. The Morgan fingerprint density at radius 2 is 1.81 bits per heavy atom. The molecule has 5 nitrogen and oxygen atoms in total. The SMILES string of the molecule is COc1ccc(Cc2nnc([NH-])c3ccccc23)cn1.[Y]. The van der Waals surface area contributed by atoms with Crippen molar-refractivity contribution in [3.8, 4) is 5.88 Å². The van der Waals surface area contributed by atoms with Gasteiger partial charge in [0.2, 0.25) is 5.88 Å². The van der Waals surface area contributed by atoms with Crippen LogP contribution in [0.3, 0.4) is 0 Å². The Labute approximate surface area is 147 Å². The Kier molecular flexibility index (Phi) is 5.20. The molecule has 0 saturated carbocycles. The molecule has 1 aromatic carbocycles. The zero-order chi connectivity index (χ0) is 13.9. The van der Waals surface area contributed by atoms with Crippen LogP contribution in [0.1, 0.15) is 11.3 Å². The first-order chi connectivity index (χ1) is 9.78. The average molecular weight is 354 g/mol. The quantitative estimate of drug-likeness (QED) is 0.724. The Hall–Kier alpha value is -1.59. The number of nitrogens with one attached hydrogen (secondary N) is 1. The second-order valence-electron chi connectivity index (χ2n) is 4.43. The molecule has 0 fully saturated rings. The second kappa shape index (κ2) is 6.92. The average Bonchev–Trinajstić information content (AvgIpc) is 2.51.